The smallest absolute Gasteiger partial charge is 0.264 e. The number of nitrogens with one attached hydrogen (secondary N) is 1. The Bertz CT molecular complexity index is 2380. The lowest BCUT2D eigenvalue weighted by Gasteiger charge is -2.39. The highest BCUT2D eigenvalue weighted by atomic mass is 35.5. The van der Waals surface area contributed by atoms with Gasteiger partial charge in [0.25, 0.3) is 11.8 Å². The predicted molar refractivity (Wildman–Crippen MR) is 233 cm³/mol. The van der Waals surface area contributed by atoms with Crippen LogP contribution in [-0.4, -0.2) is 78.3 Å². The molecule has 9 rings (SSSR count). The molecule has 14 heteroatoms. The maximum Gasteiger partial charge on any atom is 0.264 e. The van der Waals surface area contributed by atoms with E-state index in [-0.39, 0.29) is 30.9 Å². The molecule has 5 atom stereocenters. The Balaban J connectivity index is 0.991. The molecule has 3 saturated heterocycles. The van der Waals surface area contributed by atoms with E-state index in [1.807, 2.05) is 96.9 Å². The van der Waals surface area contributed by atoms with Gasteiger partial charge < -0.3 is 29.1 Å². The summed E-state index contributed by atoms with van der Waals surface area (Å²) in [6.07, 6.45) is 3.05. The number of hydrogen-bond acceptors (Lipinski definition) is 8. The van der Waals surface area contributed by atoms with Crippen LogP contribution in [0.15, 0.2) is 109 Å². The van der Waals surface area contributed by atoms with E-state index in [1.54, 1.807) is 34.8 Å². The fraction of sp³-hybridized carbons (Fsp3) is 0.391. The topological polar surface area (TPSA) is 116 Å². The van der Waals surface area contributed by atoms with Crippen LogP contribution in [0, 0.1) is 5.92 Å². The van der Waals surface area contributed by atoms with Crippen LogP contribution in [0.5, 0.6) is 0 Å². The molecular weight excluding hydrogens is 797 g/mol. The Kier molecular flexibility index (Phi) is 10.7. The number of rotatable bonds is 11. The molecule has 1 unspecified atom stereocenters. The fourth-order valence-corrected chi connectivity index (χ4v) is 13.2. The molecule has 2 spiro atoms. The number of amides is 2. The van der Waals surface area contributed by atoms with Crippen LogP contribution in [0.3, 0.4) is 0 Å². The Hall–Kier alpha value is -4.92. The van der Waals surface area contributed by atoms with Crippen molar-refractivity contribution in [3.63, 3.8) is 0 Å². The minimum atomic E-state index is -3.43. The van der Waals surface area contributed by atoms with Crippen molar-refractivity contribution in [2.24, 2.45) is 5.92 Å². The third kappa shape index (κ3) is 6.84. The van der Waals surface area contributed by atoms with Gasteiger partial charge in [-0.05, 0) is 99.0 Å². The third-order valence-electron chi connectivity index (χ3n) is 13.4. The van der Waals surface area contributed by atoms with E-state index in [0.29, 0.717) is 54.4 Å². The quantitative estimate of drug-likeness (QED) is 0.105. The van der Waals surface area contributed by atoms with Gasteiger partial charge in [-0.25, -0.2) is 0 Å². The number of aliphatic hydroxyl groups is 1. The molecule has 312 valence electrons. The van der Waals surface area contributed by atoms with Gasteiger partial charge in [0.2, 0.25) is 8.41 Å². The molecular formula is C46H51ClFN7O4Si. The Morgan fingerprint density at radius 1 is 0.950 bits per heavy atom. The van der Waals surface area contributed by atoms with Gasteiger partial charge in [-0.15, -0.1) is 5.10 Å². The van der Waals surface area contributed by atoms with Crippen LogP contribution in [-0.2, 0) is 33.0 Å². The van der Waals surface area contributed by atoms with E-state index in [0.717, 1.165) is 35.6 Å². The van der Waals surface area contributed by atoms with Crippen molar-refractivity contribution in [1.29, 1.82) is 0 Å². The molecule has 3 fully saturated rings. The zero-order valence-electron chi connectivity index (χ0n) is 34.2. The number of fused-ring (bicyclic) bond motifs is 2. The maximum atomic E-state index is 16.6. The summed E-state index contributed by atoms with van der Waals surface area (Å²) in [5.41, 5.74) is 2.93. The predicted octanol–water partition coefficient (Wildman–Crippen LogP) is 7.40. The van der Waals surface area contributed by atoms with Crippen molar-refractivity contribution < 1.29 is 23.5 Å². The van der Waals surface area contributed by atoms with Gasteiger partial charge in [-0.1, -0.05) is 84.4 Å². The van der Waals surface area contributed by atoms with E-state index in [9.17, 15) is 9.90 Å². The van der Waals surface area contributed by atoms with Crippen LogP contribution in [0.25, 0.3) is 0 Å². The summed E-state index contributed by atoms with van der Waals surface area (Å²) >= 11 is 6.67. The van der Waals surface area contributed by atoms with Crippen molar-refractivity contribution >= 4 is 48.9 Å². The molecule has 11 nitrogen and oxygen atoms in total. The van der Waals surface area contributed by atoms with Gasteiger partial charge in [0, 0.05) is 46.2 Å². The lowest BCUT2D eigenvalue weighted by Crippen LogP contribution is -2.55. The molecule has 4 aliphatic rings. The molecule has 5 heterocycles. The number of hydrogen-bond donors (Lipinski definition) is 2. The number of para-hydroxylation sites is 1. The van der Waals surface area contributed by atoms with Crippen molar-refractivity contribution in [2.75, 3.05) is 41.1 Å². The summed E-state index contributed by atoms with van der Waals surface area (Å²) in [5.74, 6) is -0.992. The number of benzene rings is 4. The second-order valence-corrected chi connectivity index (χ2v) is 21.5. The van der Waals surface area contributed by atoms with Crippen molar-refractivity contribution in [3.05, 3.63) is 137 Å². The molecule has 0 bridgehead atoms. The molecule has 5 aromatic rings. The minimum Gasteiger partial charge on any atom is -0.395 e. The van der Waals surface area contributed by atoms with Crippen molar-refractivity contribution in [1.82, 2.24) is 20.3 Å². The molecule has 0 saturated carbocycles. The largest absolute Gasteiger partial charge is 0.395 e. The molecule has 60 heavy (non-hydrogen) atoms. The second kappa shape index (κ2) is 15.8. The van der Waals surface area contributed by atoms with E-state index in [4.69, 9.17) is 16.3 Å². The fourth-order valence-electron chi connectivity index (χ4n) is 10.5. The van der Waals surface area contributed by atoms with E-state index in [2.05, 4.69) is 32.7 Å². The van der Waals surface area contributed by atoms with Gasteiger partial charge in [-0.3, -0.25) is 19.2 Å². The van der Waals surface area contributed by atoms with Gasteiger partial charge in [0.15, 0.2) is 5.60 Å². The molecule has 2 N–H and O–H groups in total. The first kappa shape index (κ1) is 40.5. The average Bonchev–Trinajstić information content (AvgIpc) is 3.97. The average molecular weight is 848 g/mol. The standard InChI is InChI=1S/C46H51ClFN7O4Si/c1-31-42(60(2,3)48)41(19-24-52-28-39(50-51-52)37(29-56)33-12-6-4-7-13-33)59-46(31)38-26-34(47)17-18-40(38)53(44(46)58)27-32-11-10-16-36(25-32)54-30-55(35-14-8-5-9-15-35)45(43(54)57)20-22-49-23-21-45/h4-18,25-26,28,31,37,41-42,49,56H,19-24,27,29-30H2,1-3H3/t31-,37?,41+,42-,46+/m0/s1. The Morgan fingerprint density at radius 2 is 1.67 bits per heavy atom. The molecule has 0 radical (unpaired) electrons. The number of carbonyl (C=O) groups excluding carboxylic acids is 2. The molecule has 1 aromatic heterocycles. The van der Waals surface area contributed by atoms with Crippen molar-refractivity contribution in [3.8, 4) is 0 Å². The number of aryl methyl sites for hydroxylation is 1. The summed E-state index contributed by atoms with van der Waals surface area (Å²) in [6.45, 7) is 7.75. The van der Waals surface area contributed by atoms with E-state index >= 15 is 8.90 Å². The van der Waals surface area contributed by atoms with E-state index in [1.165, 1.54) is 0 Å². The van der Waals surface area contributed by atoms with Gasteiger partial charge in [0.1, 0.15) is 5.54 Å². The lowest BCUT2D eigenvalue weighted by molar-refractivity contribution is -0.146. The number of aliphatic hydroxyl groups excluding tert-OH is 1. The normalized spacial score (nSPS) is 24.2. The summed E-state index contributed by atoms with van der Waals surface area (Å²) in [5, 5.41) is 22.9. The van der Waals surface area contributed by atoms with Gasteiger partial charge in [-0.2, -0.15) is 0 Å². The number of aromatic nitrogens is 3. The number of halogens is 2. The second-order valence-electron chi connectivity index (χ2n) is 17.3. The number of anilines is 3. The SMILES string of the molecule is C[C@H]1[C@H]([Si](C)(C)F)[C@@H](CCn2cc(C(CO)c3ccccc3)nn2)O[C@]12C(=O)N(Cc1cccc(N3CN(c4ccccc4)C4(CCNCC4)C3=O)c1)c1ccc(Cl)cc12. The molecule has 2 amide bonds. The zero-order valence-corrected chi connectivity index (χ0v) is 35.9. The highest BCUT2D eigenvalue weighted by Gasteiger charge is 2.66. The molecule has 4 aromatic carbocycles. The summed E-state index contributed by atoms with van der Waals surface area (Å²) in [4.78, 5) is 35.5. The third-order valence-corrected chi connectivity index (χ3v) is 16.1. The molecule has 0 aliphatic carbocycles. The first-order valence-corrected chi connectivity index (χ1v) is 24.3. The molecule has 4 aliphatic heterocycles. The zero-order chi connectivity index (χ0) is 41.8. The lowest BCUT2D eigenvalue weighted by atomic mass is 9.82. The van der Waals surface area contributed by atoms with E-state index < -0.39 is 37.1 Å². The number of nitrogens with zero attached hydrogens (tertiary/aromatic N) is 6. The minimum absolute atomic E-state index is 0.0796. The van der Waals surface area contributed by atoms with Crippen LogP contribution in [0.4, 0.5) is 21.2 Å². The number of ether oxygens (including phenoxy) is 1. The van der Waals surface area contributed by atoms with Crippen LogP contribution in [0.1, 0.15) is 54.5 Å². The first-order chi connectivity index (χ1) is 28.9. The number of piperidine rings is 1. The van der Waals surface area contributed by atoms with Crippen LogP contribution >= 0.6 is 11.6 Å². The van der Waals surface area contributed by atoms with Crippen molar-refractivity contribution in [2.45, 2.75) is 81.1 Å². The van der Waals surface area contributed by atoms with Gasteiger partial charge >= 0.3 is 0 Å². The Labute approximate surface area is 356 Å². The Morgan fingerprint density at radius 3 is 2.38 bits per heavy atom. The maximum absolute atomic E-state index is 16.6. The van der Waals surface area contributed by atoms with Crippen LogP contribution < -0.4 is 20.0 Å². The highest BCUT2D eigenvalue weighted by Crippen LogP contribution is 2.60. The highest BCUT2D eigenvalue weighted by molar-refractivity contribution is 6.72. The van der Waals surface area contributed by atoms with Gasteiger partial charge in [0.05, 0.1) is 43.2 Å². The first-order valence-electron chi connectivity index (χ1n) is 20.9. The monoisotopic (exact) mass is 847 g/mol. The van der Waals surface area contributed by atoms with Crippen LogP contribution in [0.2, 0.25) is 23.7 Å². The summed E-state index contributed by atoms with van der Waals surface area (Å²) < 4.78 is 25.3. The summed E-state index contributed by atoms with van der Waals surface area (Å²) in [6, 6.07) is 33.1. The summed E-state index contributed by atoms with van der Waals surface area (Å²) in [7, 11) is -3.43. The number of carbonyl (C=O) groups is 2.